The normalized spacial score (nSPS) is 21.3. The van der Waals surface area contributed by atoms with Gasteiger partial charge in [-0.2, -0.15) is 0 Å². The van der Waals surface area contributed by atoms with E-state index in [1.807, 2.05) is 23.1 Å². The van der Waals surface area contributed by atoms with E-state index in [1.165, 1.54) is 10.9 Å². The summed E-state index contributed by atoms with van der Waals surface area (Å²) in [5.74, 6) is 0.0537. The van der Waals surface area contributed by atoms with Crippen LogP contribution >= 0.6 is 15.9 Å². The average Bonchev–Trinajstić information content (AvgIpc) is 3.14. The van der Waals surface area contributed by atoms with Crippen LogP contribution in [0.1, 0.15) is 16.8 Å². The third kappa shape index (κ3) is 1.90. The molecule has 0 unspecified atom stereocenters. The van der Waals surface area contributed by atoms with Gasteiger partial charge in [-0.1, -0.05) is 40.2 Å². The fourth-order valence-electron chi connectivity index (χ4n) is 4.44. The lowest BCUT2D eigenvalue weighted by Crippen LogP contribution is -2.55. The first kappa shape index (κ1) is 15.9. The molecule has 1 atom stereocenters. The Bertz CT molecular complexity index is 1070. The molecule has 3 heterocycles. The fraction of sp³-hybridized carbons (Fsp3) is 0.190. The molecule has 1 aromatic heterocycles. The smallest absolute Gasteiger partial charge is 0.258 e. The molecule has 1 spiro atoms. The number of benzene rings is 2. The minimum Gasteiger partial charge on any atom is -0.356 e. The highest BCUT2D eigenvalue weighted by Gasteiger charge is 2.55. The number of carbonyl (C=O) groups excluding carboxylic acids is 1. The predicted octanol–water partition coefficient (Wildman–Crippen LogP) is 3.85. The minimum atomic E-state index is -0.866. The Morgan fingerprint density at radius 3 is 2.96 bits per heavy atom. The van der Waals surface area contributed by atoms with Crippen LogP contribution in [0.15, 0.2) is 59.6 Å². The molecule has 2 N–H and O–H groups in total. The lowest BCUT2D eigenvalue weighted by molar-refractivity contribution is -0.123. The van der Waals surface area contributed by atoms with Gasteiger partial charge in [-0.05, 0) is 36.2 Å². The van der Waals surface area contributed by atoms with E-state index in [4.69, 9.17) is 0 Å². The van der Waals surface area contributed by atoms with Crippen LogP contribution in [-0.2, 0) is 16.8 Å². The summed E-state index contributed by atoms with van der Waals surface area (Å²) in [4.78, 5) is 19.0. The summed E-state index contributed by atoms with van der Waals surface area (Å²) in [5, 5.41) is 4.76. The average molecular weight is 408 g/mol. The van der Waals surface area contributed by atoms with Crippen molar-refractivity contribution in [3.8, 4) is 0 Å². The van der Waals surface area contributed by atoms with E-state index in [1.54, 1.807) is 6.08 Å². The second-order valence-electron chi connectivity index (χ2n) is 6.82. The number of halogens is 1. The first-order valence-electron chi connectivity index (χ1n) is 8.75. The van der Waals surface area contributed by atoms with Crippen LogP contribution in [0.4, 0.5) is 5.69 Å². The van der Waals surface area contributed by atoms with E-state index in [2.05, 4.69) is 57.1 Å². The molecule has 0 bridgehead atoms. The number of para-hydroxylation sites is 1. The largest absolute Gasteiger partial charge is 0.356 e. The molecule has 0 saturated carbocycles. The molecule has 1 amide bonds. The van der Waals surface area contributed by atoms with Gasteiger partial charge in [0.2, 0.25) is 0 Å². The maximum Gasteiger partial charge on any atom is 0.258 e. The molecule has 2 aromatic carbocycles. The maximum absolute atomic E-state index is 13.7. The van der Waals surface area contributed by atoms with Crippen molar-refractivity contribution < 1.29 is 4.79 Å². The molecule has 0 saturated heterocycles. The van der Waals surface area contributed by atoms with Gasteiger partial charge in [0, 0.05) is 34.0 Å². The van der Waals surface area contributed by atoms with E-state index < -0.39 is 5.54 Å². The van der Waals surface area contributed by atoms with Crippen LogP contribution in [-0.4, -0.2) is 24.0 Å². The summed E-state index contributed by atoms with van der Waals surface area (Å²) in [7, 11) is 0. The zero-order chi connectivity index (χ0) is 17.9. The Balaban J connectivity index is 1.84. The Hall–Kier alpha value is -2.37. The van der Waals surface area contributed by atoms with Crippen molar-refractivity contribution in [3.63, 3.8) is 0 Å². The molecule has 0 fully saturated rings. The van der Waals surface area contributed by atoms with Crippen LogP contribution in [0.5, 0.6) is 0 Å². The highest BCUT2D eigenvalue weighted by molar-refractivity contribution is 9.10. The second kappa shape index (κ2) is 5.56. The number of hydrogen-bond acceptors (Lipinski definition) is 2. The number of fused-ring (bicyclic) bond motifs is 6. The Morgan fingerprint density at radius 1 is 1.27 bits per heavy atom. The summed E-state index contributed by atoms with van der Waals surface area (Å²) < 4.78 is 0.967. The third-order valence-corrected chi connectivity index (χ3v) is 5.98. The van der Waals surface area contributed by atoms with Crippen molar-refractivity contribution in [3.05, 3.63) is 76.4 Å². The van der Waals surface area contributed by atoms with Crippen molar-refractivity contribution in [1.29, 1.82) is 0 Å². The Labute approximate surface area is 160 Å². The number of aromatic nitrogens is 1. The third-order valence-electron chi connectivity index (χ3n) is 5.48. The highest BCUT2D eigenvalue weighted by atomic mass is 79.9. The van der Waals surface area contributed by atoms with Gasteiger partial charge in [-0.3, -0.25) is 10.1 Å². The molecular weight excluding hydrogens is 390 g/mol. The van der Waals surface area contributed by atoms with Crippen molar-refractivity contribution in [2.24, 2.45) is 0 Å². The van der Waals surface area contributed by atoms with Crippen molar-refractivity contribution in [1.82, 2.24) is 10.3 Å². The van der Waals surface area contributed by atoms with Crippen molar-refractivity contribution in [2.75, 3.05) is 18.0 Å². The number of nitrogens with one attached hydrogen (secondary N) is 2. The summed E-state index contributed by atoms with van der Waals surface area (Å²) in [5.41, 5.74) is 4.35. The van der Waals surface area contributed by atoms with Crippen molar-refractivity contribution in [2.45, 2.75) is 12.0 Å². The fourth-order valence-corrected chi connectivity index (χ4v) is 4.80. The van der Waals surface area contributed by atoms with E-state index >= 15 is 0 Å². The number of carbonyl (C=O) groups is 1. The van der Waals surface area contributed by atoms with Gasteiger partial charge in [0.1, 0.15) is 0 Å². The zero-order valence-electron chi connectivity index (χ0n) is 14.2. The highest BCUT2D eigenvalue weighted by Crippen LogP contribution is 2.48. The van der Waals surface area contributed by atoms with E-state index in [0.717, 1.165) is 39.9 Å². The molecule has 2 aliphatic heterocycles. The van der Waals surface area contributed by atoms with Crippen molar-refractivity contribution >= 4 is 38.4 Å². The molecule has 4 nitrogen and oxygen atoms in total. The molecule has 130 valence electrons. The molecular formula is C21H18BrN3O. The van der Waals surface area contributed by atoms with Gasteiger partial charge in [0.15, 0.2) is 5.54 Å². The standard InChI is InChI=1S/C21H18BrN3O/c1-2-11-25-18-8-7-13(22)12-16(18)21(20(25)26)19-15(9-10-23-21)14-5-3-4-6-17(14)24-19/h2-8,12,23-24H,1,9-11H2/t21-/m1/s1. The molecule has 0 aliphatic carbocycles. The number of H-pyrrole nitrogens is 1. The van der Waals surface area contributed by atoms with Crippen LogP contribution < -0.4 is 10.2 Å². The molecule has 0 radical (unpaired) electrons. The monoisotopic (exact) mass is 407 g/mol. The van der Waals surface area contributed by atoms with Gasteiger partial charge in [-0.15, -0.1) is 6.58 Å². The maximum atomic E-state index is 13.7. The number of hydrogen-bond donors (Lipinski definition) is 2. The number of aromatic amines is 1. The molecule has 2 aliphatic rings. The first-order chi connectivity index (χ1) is 12.7. The predicted molar refractivity (Wildman–Crippen MR) is 107 cm³/mol. The molecule has 26 heavy (non-hydrogen) atoms. The molecule has 3 aromatic rings. The number of rotatable bonds is 2. The van der Waals surface area contributed by atoms with Crippen LogP contribution in [0.2, 0.25) is 0 Å². The van der Waals surface area contributed by atoms with Gasteiger partial charge >= 0.3 is 0 Å². The summed E-state index contributed by atoms with van der Waals surface area (Å²) in [6.45, 7) is 5.08. The summed E-state index contributed by atoms with van der Waals surface area (Å²) in [6.07, 6.45) is 2.68. The van der Waals surface area contributed by atoms with E-state index in [-0.39, 0.29) is 5.91 Å². The van der Waals surface area contributed by atoms with Gasteiger partial charge in [0.05, 0.1) is 11.4 Å². The SMILES string of the molecule is C=CCN1C(=O)[C@@]2(NCCc3c2[nH]c2ccccc32)c2cc(Br)ccc21. The summed E-state index contributed by atoms with van der Waals surface area (Å²) >= 11 is 3.58. The first-order valence-corrected chi connectivity index (χ1v) is 9.54. The van der Waals surface area contributed by atoms with Gasteiger partial charge < -0.3 is 9.88 Å². The van der Waals surface area contributed by atoms with Gasteiger partial charge in [-0.25, -0.2) is 0 Å². The Morgan fingerprint density at radius 2 is 2.12 bits per heavy atom. The summed E-state index contributed by atoms with van der Waals surface area (Å²) in [6, 6.07) is 14.3. The topological polar surface area (TPSA) is 48.1 Å². The van der Waals surface area contributed by atoms with Crippen LogP contribution in [0.25, 0.3) is 10.9 Å². The number of amides is 1. The molecule has 5 heteroatoms. The van der Waals surface area contributed by atoms with Crippen LogP contribution in [0, 0.1) is 0 Å². The van der Waals surface area contributed by atoms with Crippen LogP contribution in [0.3, 0.4) is 0 Å². The number of anilines is 1. The number of nitrogens with zero attached hydrogens (tertiary/aromatic N) is 1. The van der Waals surface area contributed by atoms with Gasteiger partial charge in [0.25, 0.3) is 5.91 Å². The minimum absolute atomic E-state index is 0.0537. The zero-order valence-corrected chi connectivity index (χ0v) is 15.8. The quantitative estimate of drug-likeness (QED) is 0.633. The lowest BCUT2D eigenvalue weighted by atomic mass is 9.82. The van der Waals surface area contributed by atoms with E-state index in [0.29, 0.717) is 6.54 Å². The lowest BCUT2D eigenvalue weighted by Gasteiger charge is -2.34. The Kier molecular flexibility index (Phi) is 3.39. The molecule has 5 rings (SSSR count). The second-order valence-corrected chi connectivity index (χ2v) is 7.73. The van der Waals surface area contributed by atoms with E-state index in [9.17, 15) is 4.79 Å².